The second-order valence-electron chi connectivity index (χ2n) is 7.33. The molecule has 116 valence electrons. The van der Waals surface area contributed by atoms with E-state index in [0.717, 1.165) is 12.8 Å². The van der Waals surface area contributed by atoms with Crippen LogP contribution < -0.4 is 0 Å². The molecule has 1 unspecified atom stereocenters. The Labute approximate surface area is 121 Å². The van der Waals surface area contributed by atoms with Gasteiger partial charge in [0.2, 0.25) is 0 Å². The lowest BCUT2D eigenvalue weighted by molar-refractivity contribution is -0.148. The summed E-state index contributed by atoms with van der Waals surface area (Å²) < 4.78 is 5.37. The highest BCUT2D eigenvalue weighted by atomic mass is 16.6. The highest BCUT2D eigenvalue weighted by Gasteiger charge is 2.34. The van der Waals surface area contributed by atoms with Gasteiger partial charge in [-0.1, -0.05) is 0 Å². The topological polar surface area (TPSA) is 66.8 Å². The molecule has 1 heterocycles. The van der Waals surface area contributed by atoms with E-state index < -0.39 is 17.0 Å². The minimum atomic E-state index is -0.785. The summed E-state index contributed by atoms with van der Waals surface area (Å²) in [6.45, 7) is 10.3. The summed E-state index contributed by atoms with van der Waals surface area (Å²) in [5, 5.41) is 9.19. The highest BCUT2D eigenvalue weighted by Crippen LogP contribution is 2.31. The smallest absolute Gasteiger partial charge is 0.410 e. The summed E-state index contributed by atoms with van der Waals surface area (Å²) in [6.07, 6.45) is 2.16. The predicted octanol–water partition coefficient (Wildman–Crippen LogP) is 3.13. The number of piperidine rings is 1. The molecule has 1 saturated heterocycles. The highest BCUT2D eigenvalue weighted by molar-refractivity contribution is 5.73. The summed E-state index contributed by atoms with van der Waals surface area (Å²) >= 11 is 0. The summed E-state index contributed by atoms with van der Waals surface area (Å²) in [5.74, 6) is -0.561. The van der Waals surface area contributed by atoms with Gasteiger partial charge in [0.15, 0.2) is 0 Å². The number of hydrogen-bond acceptors (Lipinski definition) is 3. The van der Waals surface area contributed by atoms with Gasteiger partial charge in [-0.05, 0) is 59.8 Å². The molecule has 0 aliphatic carbocycles. The van der Waals surface area contributed by atoms with E-state index >= 15 is 0 Å². The van der Waals surface area contributed by atoms with Crippen LogP contribution in [0.2, 0.25) is 0 Å². The van der Waals surface area contributed by atoms with E-state index in [-0.39, 0.29) is 12.0 Å². The minimum Gasteiger partial charge on any atom is -0.481 e. The third kappa shape index (κ3) is 5.02. The first-order valence-corrected chi connectivity index (χ1v) is 7.22. The normalized spacial score (nSPS) is 20.6. The first-order valence-electron chi connectivity index (χ1n) is 7.22. The van der Waals surface area contributed by atoms with Crippen molar-refractivity contribution in [2.45, 2.75) is 59.5 Å². The molecule has 0 saturated carbocycles. The molecule has 0 aromatic carbocycles. The van der Waals surface area contributed by atoms with Gasteiger partial charge in [0.1, 0.15) is 5.60 Å². The van der Waals surface area contributed by atoms with Crippen LogP contribution in [0.1, 0.15) is 53.9 Å². The summed E-state index contributed by atoms with van der Waals surface area (Å²) in [5.41, 5.74) is -1.24. The number of likely N-dealkylation sites (tertiary alicyclic amines) is 1. The van der Waals surface area contributed by atoms with Gasteiger partial charge in [-0.15, -0.1) is 0 Å². The van der Waals surface area contributed by atoms with E-state index in [9.17, 15) is 14.7 Å². The third-order valence-electron chi connectivity index (χ3n) is 3.55. The Morgan fingerprint density at radius 2 is 1.85 bits per heavy atom. The number of carbonyl (C=O) groups excluding carboxylic acids is 1. The molecule has 0 radical (unpaired) electrons. The van der Waals surface area contributed by atoms with Crippen molar-refractivity contribution < 1.29 is 19.4 Å². The molecule has 1 aliphatic rings. The van der Waals surface area contributed by atoms with E-state index in [0.29, 0.717) is 19.5 Å². The predicted molar refractivity (Wildman–Crippen MR) is 76.6 cm³/mol. The zero-order chi connectivity index (χ0) is 15.6. The molecule has 0 spiro atoms. The molecule has 0 aromatic heterocycles. The molecule has 1 aliphatic heterocycles. The number of amides is 1. The van der Waals surface area contributed by atoms with Gasteiger partial charge < -0.3 is 14.7 Å². The SMILES string of the molecule is CC(C)(C)OC(=O)N1CCCC(CC(C)(C)C(=O)O)C1. The van der Waals surface area contributed by atoms with Gasteiger partial charge in [0.05, 0.1) is 5.41 Å². The number of nitrogens with zero attached hydrogens (tertiary/aromatic N) is 1. The van der Waals surface area contributed by atoms with Crippen LogP contribution >= 0.6 is 0 Å². The Balaban J connectivity index is 2.59. The lowest BCUT2D eigenvalue weighted by Gasteiger charge is -2.36. The Morgan fingerprint density at radius 1 is 1.25 bits per heavy atom. The van der Waals surface area contributed by atoms with Crippen molar-refractivity contribution in [2.75, 3.05) is 13.1 Å². The molecule has 1 rings (SSSR count). The van der Waals surface area contributed by atoms with Crippen LogP contribution in [-0.4, -0.2) is 40.8 Å². The fourth-order valence-corrected chi connectivity index (χ4v) is 2.53. The standard InChI is InChI=1S/C15H27NO4/c1-14(2,3)20-13(19)16-8-6-7-11(10-16)9-15(4,5)12(17)18/h11H,6-10H2,1-5H3,(H,17,18). The Kier molecular flexibility index (Phi) is 5.05. The number of carbonyl (C=O) groups is 2. The van der Waals surface area contributed by atoms with Crippen molar-refractivity contribution in [1.29, 1.82) is 0 Å². The number of rotatable bonds is 3. The van der Waals surface area contributed by atoms with Crippen LogP contribution in [0.25, 0.3) is 0 Å². The lowest BCUT2D eigenvalue weighted by Crippen LogP contribution is -2.44. The minimum absolute atomic E-state index is 0.224. The quantitative estimate of drug-likeness (QED) is 0.865. The van der Waals surface area contributed by atoms with Crippen molar-refractivity contribution >= 4 is 12.1 Å². The number of carboxylic acid groups (broad SMARTS) is 1. The van der Waals surface area contributed by atoms with Gasteiger partial charge in [-0.2, -0.15) is 0 Å². The first-order chi connectivity index (χ1) is 9.01. The van der Waals surface area contributed by atoms with Crippen molar-refractivity contribution in [2.24, 2.45) is 11.3 Å². The van der Waals surface area contributed by atoms with Crippen molar-refractivity contribution in [3.63, 3.8) is 0 Å². The van der Waals surface area contributed by atoms with Gasteiger partial charge in [-0.3, -0.25) is 4.79 Å². The van der Waals surface area contributed by atoms with Crippen LogP contribution in [0.5, 0.6) is 0 Å². The number of ether oxygens (including phenoxy) is 1. The molecule has 1 fully saturated rings. The fourth-order valence-electron chi connectivity index (χ4n) is 2.53. The molecular formula is C15H27NO4. The van der Waals surface area contributed by atoms with Crippen molar-refractivity contribution in [3.8, 4) is 0 Å². The molecule has 20 heavy (non-hydrogen) atoms. The molecule has 1 atom stereocenters. The van der Waals surface area contributed by atoms with Crippen LogP contribution in [-0.2, 0) is 9.53 Å². The van der Waals surface area contributed by atoms with Crippen LogP contribution in [0.4, 0.5) is 4.79 Å². The van der Waals surface area contributed by atoms with Gasteiger partial charge in [0.25, 0.3) is 0 Å². The van der Waals surface area contributed by atoms with E-state index in [1.165, 1.54) is 0 Å². The van der Waals surface area contributed by atoms with Crippen LogP contribution in [0, 0.1) is 11.3 Å². The fraction of sp³-hybridized carbons (Fsp3) is 0.867. The number of hydrogen-bond donors (Lipinski definition) is 1. The maximum atomic E-state index is 12.0. The van der Waals surface area contributed by atoms with Crippen LogP contribution in [0.15, 0.2) is 0 Å². The second kappa shape index (κ2) is 6.02. The molecule has 5 heteroatoms. The zero-order valence-corrected chi connectivity index (χ0v) is 13.2. The van der Waals surface area contributed by atoms with Crippen molar-refractivity contribution in [3.05, 3.63) is 0 Å². The van der Waals surface area contributed by atoms with Gasteiger partial charge >= 0.3 is 12.1 Å². The Hall–Kier alpha value is -1.26. The van der Waals surface area contributed by atoms with E-state index in [1.54, 1.807) is 18.7 Å². The molecule has 0 aromatic rings. The molecule has 0 bridgehead atoms. The second-order valence-corrected chi connectivity index (χ2v) is 7.33. The molecule has 5 nitrogen and oxygen atoms in total. The van der Waals surface area contributed by atoms with E-state index in [2.05, 4.69) is 0 Å². The van der Waals surface area contributed by atoms with Gasteiger partial charge in [-0.25, -0.2) is 4.79 Å². The molecule has 1 N–H and O–H groups in total. The molecular weight excluding hydrogens is 258 g/mol. The third-order valence-corrected chi connectivity index (χ3v) is 3.55. The number of carboxylic acids is 1. The van der Waals surface area contributed by atoms with E-state index in [4.69, 9.17) is 4.74 Å². The van der Waals surface area contributed by atoms with Gasteiger partial charge in [0, 0.05) is 13.1 Å². The van der Waals surface area contributed by atoms with Crippen molar-refractivity contribution in [1.82, 2.24) is 4.90 Å². The maximum absolute atomic E-state index is 12.0. The summed E-state index contributed by atoms with van der Waals surface area (Å²) in [6, 6.07) is 0. The monoisotopic (exact) mass is 285 g/mol. The summed E-state index contributed by atoms with van der Waals surface area (Å²) in [4.78, 5) is 24.9. The number of aliphatic carboxylic acids is 1. The van der Waals surface area contributed by atoms with Crippen LogP contribution in [0.3, 0.4) is 0 Å². The average Bonchev–Trinajstić information content (AvgIpc) is 2.26. The van der Waals surface area contributed by atoms with E-state index in [1.807, 2.05) is 20.8 Å². The first kappa shape index (κ1) is 16.8. The lowest BCUT2D eigenvalue weighted by atomic mass is 9.80. The largest absolute Gasteiger partial charge is 0.481 e. The molecule has 1 amide bonds. The Bertz CT molecular complexity index is 371. The maximum Gasteiger partial charge on any atom is 0.410 e. The average molecular weight is 285 g/mol. The Morgan fingerprint density at radius 3 is 2.35 bits per heavy atom. The zero-order valence-electron chi connectivity index (χ0n) is 13.2. The summed E-state index contributed by atoms with van der Waals surface area (Å²) in [7, 11) is 0.